The van der Waals surface area contributed by atoms with Gasteiger partial charge in [0.2, 0.25) is 5.91 Å². The van der Waals surface area contributed by atoms with Crippen LogP contribution in [0.3, 0.4) is 0 Å². The quantitative estimate of drug-likeness (QED) is 0.794. The van der Waals surface area contributed by atoms with Crippen LogP contribution in [-0.4, -0.2) is 36.5 Å². The molecule has 0 unspecified atom stereocenters. The standard InChI is InChI=1S/C15H18FNO3/c1-20-15(19)13-4-2-3-9-17(13)14(18)10-11-5-7-12(16)8-6-11/h5-8,13H,2-4,9-10H2,1H3/t13-/m1/s1. The number of piperidine rings is 1. The van der Waals surface area contributed by atoms with Crippen molar-refractivity contribution in [3.63, 3.8) is 0 Å². The lowest BCUT2D eigenvalue weighted by atomic mass is 10.0. The molecule has 0 radical (unpaired) electrons. The number of hydrogen-bond acceptors (Lipinski definition) is 3. The lowest BCUT2D eigenvalue weighted by Gasteiger charge is -2.33. The smallest absolute Gasteiger partial charge is 0.328 e. The topological polar surface area (TPSA) is 46.6 Å². The van der Waals surface area contributed by atoms with Gasteiger partial charge in [-0.2, -0.15) is 0 Å². The van der Waals surface area contributed by atoms with Crippen molar-refractivity contribution in [1.82, 2.24) is 4.90 Å². The minimum atomic E-state index is -0.485. The molecule has 108 valence electrons. The predicted octanol–water partition coefficient (Wildman–Crippen LogP) is 1.92. The summed E-state index contributed by atoms with van der Waals surface area (Å²) < 4.78 is 17.6. The number of ether oxygens (including phenoxy) is 1. The Bertz CT molecular complexity index is 486. The maximum atomic E-state index is 12.8. The second kappa shape index (κ2) is 6.50. The molecule has 5 heteroatoms. The van der Waals surface area contributed by atoms with Crippen molar-refractivity contribution < 1.29 is 18.7 Å². The molecule has 1 amide bonds. The van der Waals surface area contributed by atoms with E-state index in [9.17, 15) is 14.0 Å². The van der Waals surface area contributed by atoms with Gasteiger partial charge in [0.15, 0.2) is 0 Å². The number of hydrogen-bond donors (Lipinski definition) is 0. The van der Waals surface area contributed by atoms with Crippen molar-refractivity contribution in [2.24, 2.45) is 0 Å². The molecule has 0 spiro atoms. The van der Waals surface area contributed by atoms with Crippen LogP contribution in [0.15, 0.2) is 24.3 Å². The van der Waals surface area contributed by atoms with Crippen LogP contribution >= 0.6 is 0 Å². The van der Waals surface area contributed by atoms with E-state index >= 15 is 0 Å². The Balaban J connectivity index is 2.05. The van der Waals surface area contributed by atoms with E-state index in [0.717, 1.165) is 18.4 Å². The maximum absolute atomic E-state index is 12.8. The molecule has 4 nitrogen and oxygen atoms in total. The van der Waals surface area contributed by atoms with Crippen LogP contribution < -0.4 is 0 Å². The van der Waals surface area contributed by atoms with Crippen LogP contribution in [0.1, 0.15) is 24.8 Å². The number of benzene rings is 1. The average Bonchev–Trinajstić information content (AvgIpc) is 2.48. The fourth-order valence-corrected chi connectivity index (χ4v) is 2.49. The van der Waals surface area contributed by atoms with Gasteiger partial charge in [0, 0.05) is 6.54 Å². The highest BCUT2D eigenvalue weighted by Crippen LogP contribution is 2.19. The number of halogens is 1. The van der Waals surface area contributed by atoms with Gasteiger partial charge in [-0.1, -0.05) is 12.1 Å². The van der Waals surface area contributed by atoms with E-state index in [1.165, 1.54) is 19.2 Å². The first-order valence-electron chi connectivity index (χ1n) is 6.73. The molecule has 1 aromatic rings. The van der Waals surface area contributed by atoms with Gasteiger partial charge in [0.1, 0.15) is 11.9 Å². The summed E-state index contributed by atoms with van der Waals surface area (Å²) in [6.07, 6.45) is 2.62. The SMILES string of the molecule is COC(=O)[C@H]1CCCCN1C(=O)Cc1ccc(F)cc1. The largest absolute Gasteiger partial charge is 0.467 e. The molecule has 0 aromatic heterocycles. The fraction of sp³-hybridized carbons (Fsp3) is 0.467. The zero-order chi connectivity index (χ0) is 14.5. The molecule has 2 rings (SSSR count). The normalized spacial score (nSPS) is 18.7. The molecular formula is C15H18FNO3. The Hall–Kier alpha value is -1.91. The summed E-state index contributed by atoms with van der Waals surface area (Å²) in [6, 6.07) is 5.35. The van der Waals surface area contributed by atoms with Crippen LogP contribution in [0, 0.1) is 5.82 Å². The lowest BCUT2D eigenvalue weighted by Crippen LogP contribution is -2.49. The van der Waals surface area contributed by atoms with Crippen molar-refractivity contribution in [2.75, 3.05) is 13.7 Å². The molecule has 0 N–H and O–H groups in total. The summed E-state index contributed by atoms with van der Waals surface area (Å²) in [6.45, 7) is 0.569. The number of amides is 1. The summed E-state index contributed by atoms with van der Waals surface area (Å²) in [4.78, 5) is 25.6. The third kappa shape index (κ3) is 3.35. The van der Waals surface area contributed by atoms with Crippen LogP contribution in [-0.2, 0) is 20.7 Å². The Morgan fingerprint density at radius 1 is 1.30 bits per heavy atom. The van der Waals surface area contributed by atoms with Gasteiger partial charge in [-0.25, -0.2) is 9.18 Å². The Morgan fingerprint density at radius 3 is 2.65 bits per heavy atom. The molecule has 0 aliphatic carbocycles. The van der Waals surface area contributed by atoms with E-state index in [-0.39, 0.29) is 24.1 Å². The van der Waals surface area contributed by atoms with E-state index in [1.54, 1.807) is 17.0 Å². The van der Waals surface area contributed by atoms with Gasteiger partial charge in [-0.15, -0.1) is 0 Å². The van der Waals surface area contributed by atoms with E-state index < -0.39 is 6.04 Å². The van der Waals surface area contributed by atoms with Crippen molar-refractivity contribution in [3.05, 3.63) is 35.6 Å². The third-order valence-electron chi connectivity index (χ3n) is 3.57. The minimum absolute atomic E-state index is 0.119. The van der Waals surface area contributed by atoms with Gasteiger partial charge in [-0.05, 0) is 37.0 Å². The number of methoxy groups -OCH3 is 1. The van der Waals surface area contributed by atoms with E-state index in [4.69, 9.17) is 4.74 Å². The number of rotatable bonds is 3. The second-order valence-corrected chi connectivity index (χ2v) is 4.93. The van der Waals surface area contributed by atoms with Gasteiger partial charge in [-0.3, -0.25) is 4.79 Å². The van der Waals surface area contributed by atoms with Crippen molar-refractivity contribution >= 4 is 11.9 Å². The van der Waals surface area contributed by atoms with Gasteiger partial charge < -0.3 is 9.64 Å². The highest BCUT2D eigenvalue weighted by atomic mass is 19.1. The average molecular weight is 279 g/mol. The zero-order valence-corrected chi connectivity index (χ0v) is 11.5. The molecule has 1 atom stereocenters. The lowest BCUT2D eigenvalue weighted by molar-refractivity contribution is -0.154. The molecule has 1 fully saturated rings. The van der Waals surface area contributed by atoms with Crippen LogP contribution in [0.25, 0.3) is 0 Å². The minimum Gasteiger partial charge on any atom is -0.467 e. The number of esters is 1. The molecule has 1 heterocycles. The summed E-state index contributed by atoms with van der Waals surface area (Å²) in [5.74, 6) is -0.810. The van der Waals surface area contributed by atoms with E-state index in [2.05, 4.69) is 0 Å². The second-order valence-electron chi connectivity index (χ2n) is 4.93. The van der Waals surface area contributed by atoms with Crippen LogP contribution in [0.5, 0.6) is 0 Å². The summed E-state index contributed by atoms with van der Waals surface area (Å²) in [5, 5.41) is 0. The summed E-state index contributed by atoms with van der Waals surface area (Å²) in [7, 11) is 1.33. The molecule has 1 aliphatic rings. The van der Waals surface area contributed by atoms with E-state index in [1.807, 2.05) is 0 Å². The maximum Gasteiger partial charge on any atom is 0.328 e. The number of likely N-dealkylation sites (tertiary alicyclic amines) is 1. The molecule has 0 bridgehead atoms. The molecule has 1 aromatic carbocycles. The fourth-order valence-electron chi connectivity index (χ4n) is 2.49. The molecule has 20 heavy (non-hydrogen) atoms. The van der Waals surface area contributed by atoms with Crippen LogP contribution in [0.2, 0.25) is 0 Å². The van der Waals surface area contributed by atoms with Gasteiger partial charge in [0.05, 0.1) is 13.5 Å². The predicted molar refractivity (Wildman–Crippen MR) is 71.5 cm³/mol. The van der Waals surface area contributed by atoms with Gasteiger partial charge >= 0.3 is 5.97 Å². The first-order chi connectivity index (χ1) is 9.61. The molecule has 0 saturated carbocycles. The van der Waals surface area contributed by atoms with Crippen molar-refractivity contribution in [3.8, 4) is 0 Å². The van der Waals surface area contributed by atoms with Gasteiger partial charge in [0.25, 0.3) is 0 Å². The highest BCUT2D eigenvalue weighted by molar-refractivity contribution is 5.85. The monoisotopic (exact) mass is 279 g/mol. The molecular weight excluding hydrogens is 261 g/mol. The molecule has 1 saturated heterocycles. The Morgan fingerprint density at radius 2 is 2.00 bits per heavy atom. The third-order valence-corrected chi connectivity index (χ3v) is 3.57. The summed E-state index contributed by atoms with van der Waals surface area (Å²) >= 11 is 0. The summed E-state index contributed by atoms with van der Waals surface area (Å²) in [5.41, 5.74) is 0.741. The molecule has 1 aliphatic heterocycles. The number of carbonyl (C=O) groups excluding carboxylic acids is 2. The highest BCUT2D eigenvalue weighted by Gasteiger charge is 2.32. The first-order valence-corrected chi connectivity index (χ1v) is 6.73. The van der Waals surface area contributed by atoms with Crippen molar-refractivity contribution in [2.45, 2.75) is 31.7 Å². The van der Waals surface area contributed by atoms with E-state index in [0.29, 0.717) is 13.0 Å². The van der Waals surface area contributed by atoms with Crippen LogP contribution in [0.4, 0.5) is 4.39 Å². The Kier molecular flexibility index (Phi) is 4.71. The Labute approximate surface area is 117 Å². The van der Waals surface area contributed by atoms with Crippen molar-refractivity contribution in [1.29, 1.82) is 0 Å². The zero-order valence-electron chi connectivity index (χ0n) is 11.5. The number of carbonyl (C=O) groups is 2. The number of nitrogens with zero attached hydrogens (tertiary/aromatic N) is 1. The first kappa shape index (κ1) is 14.5.